The van der Waals surface area contributed by atoms with Gasteiger partial charge in [-0.05, 0) is 47.5 Å². The van der Waals surface area contributed by atoms with Gasteiger partial charge in [-0.25, -0.2) is 8.42 Å². The molecule has 10 heteroatoms. The van der Waals surface area contributed by atoms with Crippen LogP contribution in [0.4, 0.5) is 26.3 Å². The van der Waals surface area contributed by atoms with Crippen molar-refractivity contribution in [3.63, 3.8) is 0 Å². The normalized spacial score (nSPS) is 19.7. The van der Waals surface area contributed by atoms with E-state index in [1.165, 1.54) is 12.1 Å². The van der Waals surface area contributed by atoms with E-state index in [0.29, 0.717) is 0 Å². The molecule has 31 heavy (non-hydrogen) atoms. The summed E-state index contributed by atoms with van der Waals surface area (Å²) >= 11 is 0. The van der Waals surface area contributed by atoms with Gasteiger partial charge < -0.3 is 0 Å². The fourth-order valence-corrected chi connectivity index (χ4v) is 4.57. The number of ketones is 1. The molecule has 0 atom stereocenters. The quantitative estimate of drug-likeness (QED) is 0.458. The molecule has 1 aliphatic rings. The minimum Gasteiger partial charge on any atom is -0.289 e. The van der Waals surface area contributed by atoms with Crippen molar-refractivity contribution in [1.29, 1.82) is 0 Å². The molecule has 1 aliphatic heterocycles. The molecule has 0 aromatic heterocycles. The maximum Gasteiger partial charge on any atom is 0.416 e. The highest BCUT2D eigenvalue weighted by Crippen LogP contribution is 2.32. The van der Waals surface area contributed by atoms with Gasteiger partial charge in [0, 0.05) is 11.1 Å². The third-order valence-corrected chi connectivity index (χ3v) is 5.95. The molecule has 3 rings (SSSR count). The van der Waals surface area contributed by atoms with Crippen LogP contribution in [0.3, 0.4) is 0 Å². The smallest absolute Gasteiger partial charge is 0.289 e. The molecule has 3 nitrogen and oxygen atoms in total. The highest BCUT2D eigenvalue weighted by atomic mass is 32.2. The summed E-state index contributed by atoms with van der Waals surface area (Å²) in [5, 5.41) is 0. The van der Waals surface area contributed by atoms with E-state index in [2.05, 4.69) is 0 Å². The van der Waals surface area contributed by atoms with E-state index in [4.69, 9.17) is 0 Å². The van der Waals surface area contributed by atoms with Gasteiger partial charge in [0.1, 0.15) is 0 Å². The Hall–Kier alpha value is -2.88. The van der Waals surface area contributed by atoms with E-state index in [1.807, 2.05) is 0 Å². The zero-order chi connectivity index (χ0) is 23.0. The summed E-state index contributed by atoms with van der Waals surface area (Å²) in [4.78, 5) is 12.7. The van der Waals surface area contributed by atoms with E-state index < -0.39 is 50.6 Å². The summed E-state index contributed by atoms with van der Waals surface area (Å²) in [6, 6.07) is 8.03. The predicted octanol–water partition coefficient (Wildman–Crippen LogP) is 5.19. The van der Waals surface area contributed by atoms with Crippen LogP contribution in [0.5, 0.6) is 0 Å². The van der Waals surface area contributed by atoms with Crippen molar-refractivity contribution in [3.05, 3.63) is 81.9 Å². The highest BCUT2D eigenvalue weighted by Gasteiger charge is 2.33. The Balaban J connectivity index is 2.02. The number of rotatable bonds is 2. The van der Waals surface area contributed by atoms with Crippen LogP contribution in [0.25, 0.3) is 12.2 Å². The lowest BCUT2D eigenvalue weighted by atomic mass is 9.99. The van der Waals surface area contributed by atoms with Crippen LogP contribution >= 0.6 is 0 Å². The van der Waals surface area contributed by atoms with Gasteiger partial charge in [0.25, 0.3) is 0 Å². The third kappa shape index (κ3) is 5.63. The molecule has 0 bridgehead atoms. The maximum atomic E-state index is 12.9. The summed E-state index contributed by atoms with van der Waals surface area (Å²) in [7, 11) is -3.83. The molecule has 1 heterocycles. The predicted molar refractivity (Wildman–Crippen MR) is 103 cm³/mol. The summed E-state index contributed by atoms with van der Waals surface area (Å²) < 4.78 is 102. The Kier molecular flexibility index (Phi) is 5.88. The monoisotopic (exact) mass is 460 g/mol. The summed E-state index contributed by atoms with van der Waals surface area (Å²) in [6.45, 7) is 0. The van der Waals surface area contributed by atoms with Crippen LogP contribution in [-0.2, 0) is 27.0 Å². The van der Waals surface area contributed by atoms with E-state index >= 15 is 0 Å². The van der Waals surface area contributed by atoms with Crippen molar-refractivity contribution < 1.29 is 39.6 Å². The lowest BCUT2D eigenvalue weighted by Crippen LogP contribution is -2.28. The Labute approximate surface area is 173 Å². The van der Waals surface area contributed by atoms with Crippen molar-refractivity contribution in [2.24, 2.45) is 0 Å². The number of carbonyl (C=O) groups excluding carboxylic acids is 1. The number of halogens is 6. The first-order valence-electron chi connectivity index (χ1n) is 8.75. The largest absolute Gasteiger partial charge is 0.416 e. The minimum atomic E-state index is -4.62. The highest BCUT2D eigenvalue weighted by molar-refractivity contribution is 7.92. The molecule has 0 amide bonds. The van der Waals surface area contributed by atoms with Crippen molar-refractivity contribution in [3.8, 4) is 0 Å². The Bertz CT molecular complexity index is 1100. The zero-order valence-electron chi connectivity index (χ0n) is 15.6. The molecule has 0 spiro atoms. The second-order valence-corrected chi connectivity index (χ2v) is 9.01. The number of benzene rings is 2. The van der Waals surface area contributed by atoms with Crippen LogP contribution in [-0.4, -0.2) is 25.7 Å². The number of carbonyl (C=O) groups is 1. The summed E-state index contributed by atoms with van der Waals surface area (Å²) in [5.41, 5.74) is -2.49. The molecule has 0 radical (unpaired) electrons. The van der Waals surface area contributed by atoms with E-state index in [1.54, 1.807) is 0 Å². The fourth-order valence-electron chi connectivity index (χ4n) is 3.09. The molecule has 2 aromatic carbocycles. The SMILES string of the molecule is O=C1/C(=C/c2cccc(C(F)(F)F)c2)CS(=O)(=O)C/C1=C\c1cccc(C(F)(F)F)c1. The van der Waals surface area contributed by atoms with E-state index in [9.17, 15) is 39.6 Å². The first-order valence-corrected chi connectivity index (χ1v) is 10.6. The molecular weight excluding hydrogens is 446 g/mol. The number of Topliss-reactive ketones (excluding diaryl/α,β-unsaturated/α-hetero) is 1. The average molecular weight is 460 g/mol. The Morgan fingerprint density at radius 1 is 0.710 bits per heavy atom. The maximum absolute atomic E-state index is 12.9. The van der Waals surface area contributed by atoms with Crippen molar-refractivity contribution in [2.75, 3.05) is 11.5 Å². The third-order valence-electron chi connectivity index (χ3n) is 4.44. The molecule has 0 aliphatic carbocycles. The van der Waals surface area contributed by atoms with Gasteiger partial charge in [0.05, 0.1) is 22.6 Å². The van der Waals surface area contributed by atoms with Crippen LogP contribution < -0.4 is 0 Å². The lowest BCUT2D eigenvalue weighted by molar-refractivity contribution is -0.138. The van der Waals surface area contributed by atoms with Gasteiger partial charge in [-0.3, -0.25) is 4.79 Å². The van der Waals surface area contributed by atoms with E-state index in [-0.39, 0.29) is 22.3 Å². The first kappa shape index (κ1) is 22.8. The standard InChI is InChI=1S/C21H14F6O3S/c22-20(23,24)17-5-1-3-13(9-17)7-15-11-31(29,30)12-16(19(15)28)8-14-4-2-6-18(10-14)21(25,26)27/h1-10H,11-12H2/b15-7+,16-8+. The van der Waals surface area contributed by atoms with Gasteiger partial charge in [0.15, 0.2) is 15.6 Å². The van der Waals surface area contributed by atoms with Crippen LogP contribution in [0.15, 0.2) is 59.7 Å². The van der Waals surface area contributed by atoms with Crippen LogP contribution in [0.1, 0.15) is 22.3 Å². The second kappa shape index (κ2) is 7.99. The van der Waals surface area contributed by atoms with Crippen LogP contribution in [0, 0.1) is 0 Å². The molecule has 164 valence electrons. The molecule has 1 saturated heterocycles. The van der Waals surface area contributed by atoms with Gasteiger partial charge in [0.2, 0.25) is 0 Å². The van der Waals surface area contributed by atoms with Gasteiger partial charge >= 0.3 is 12.4 Å². The molecular formula is C21H14F6O3S. The first-order chi connectivity index (χ1) is 14.2. The molecule has 0 unspecified atom stereocenters. The van der Waals surface area contributed by atoms with Gasteiger partial charge in [-0.2, -0.15) is 26.3 Å². The molecule has 2 aromatic rings. The second-order valence-electron chi connectivity index (χ2n) is 6.95. The van der Waals surface area contributed by atoms with Gasteiger partial charge in [-0.15, -0.1) is 0 Å². The topological polar surface area (TPSA) is 51.2 Å². The van der Waals surface area contributed by atoms with Crippen molar-refractivity contribution in [1.82, 2.24) is 0 Å². The summed E-state index contributed by atoms with van der Waals surface area (Å²) in [6.07, 6.45) is -7.14. The average Bonchev–Trinajstić information content (AvgIpc) is 2.64. The lowest BCUT2D eigenvalue weighted by Gasteiger charge is -2.18. The Morgan fingerprint density at radius 3 is 1.45 bits per heavy atom. The molecule has 0 N–H and O–H groups in total. The minimum absolute atomic E-state index is 0.0197. The number of sulfone groups is 1. The number of hydrogen-bond acceptors (Lipinski definition) is 3. The van der Waals surface area contributed by atoms with Crippen molar-refractivity contribution >= 4 is 27.8 Å². The Morgan fingerprint density at radius 2 is 1.10 bits per heavy atom. The number of alkyl halides is 6. The fraction of sp³-hybridized carbons (Fsp3) is 0.190. The molecule has 0 saturated carbocycles. The van der Waals surface area contributed by atoms with Crippen molar-refractivity contribution in [2.45, 2.75) is 12.4 Å². The summed E-state index contributed by atoms with van der Waals surface area (Å²) in [5.74, 6) is -2.10. The number of hydrogen-bond donors (Lipinski definition) is 0. The van der Waals surface area contributed by atoms with Gasteiger partial charge in [-0.1, -0.05) is 24.3 Å². The molecule has 1 fully saturated rings. The van der Waals surface area contributed by atoms with E-state index in [0.717, 1.165) is 48.6 Å². The zero-order valence-corrected chi connectivity index (χ0v) is 16.4. The van der Waals surface area contributed by atoms with Crippen LogP contribution in [0.2, 0.25) is 0 Å².